The van der Waals surface area contributed by atoms with Crippen LogP contribution in [-0.4, -0.2) is 71.1 Å². The van der Waals surface area contributed by atoms with Gasteiger partial charge in [0.1, 0.15) is 12.7 Å². The van der Waals surface area contributed by atoms with Gasteiger partial charge in [-0.25, -0.2) is 9.59 Å². The van der Waals surface area contributed by atoms with E-state index < -0.39 is 23.5 Å². The summed E-state index contributed by atoms with van der Waals surface area (Å²) in [6.07, 6.45) is 3.92. The van der Waals surface area contributed by atoms with Crippen LogP contribution in [-0.2, 0) is 19.1 Å². The third-order valence-electron chi connectivity index (χ3n) is 5.54. The Balaban J connectivity index is 1.92. The number of rotatable bonds is 1. The minimum absolute atomic E-state index is 0.0890. The van der Waals surface area contributed by atoms with E-state index in [0.717, 1.165) is 25.1 Å². The van der Waals surface area contributed by atoms with Crippen molar-refractivity contribution in [2.45, 2.75) is 44.4 Å². The second-order valence-electron chi connectivity index (χ2n) is 7.19. The van der Waals surface area contributed by atoms with Crippen molar-refractivity contribution >= 4 is 11.9 Å². The van der Waals surface area contributed by atoms with Gasteiger partial charge in [0, 0.05) is 18.7 Å². The highest BCUT2D eigenvalue weighted by Crippen LogP contribution is 2.34. The summed E-state index contributed by atoms with van der Waals surface area (Å²) in [6, 6.07) is -0.0890. The Kier molecular flexibility index (Phi) is 4.99. The molecule has 0 aromatic heterocycles. The number of cyclic esters (lactones) is 1. The van der Waals surface area contributed by atoms with E-state index in [4.69, 9.17) is 9.47 Å². The molecule has 138 valence electrons. The van der Waals surface area contributed by atoms with Gasteiger partial charge < -0.3 is 19.7 Å². The van der Waals surface area contributed by atoms with E-state index in [2.05, 4.69) is 4.90 Å². The van der Waals surface area contributed by atoms with Crippen molar-refractivity contribution in [2.24, 2.45) is 5.92 Å². The van der Waals surface area contributed by atoms with E-state index in [1.807, 2.05) is 6.08 Å². The molecule has 0 amide bonds. The zero-order valence-electron chi connectivity index (χ0n) is 14.6. The second kappa shape index (κ2) is 6.90. The monoisotopic (exact) mass is 351 g/mol. The lowest BCUT2D eigenvalue weighted by atomic mass is 9.85. The van der Waals surface area contributed by atoms with Crippen molar-refractivity contribution in [1.29, 1.82) is 0 Å². The Morgan fingerprint density at radius 3 is 2.92 bits per heavy atom. The zero-order chi connectivity index (χ0) is 18.2. The molecule has 3 heterocycles. The fraction of sp³-hybridized carbons (Fsp3) is 0.667. The second-order valence-corrected chi connectivity index (χ2v) is 7.19. The van der Waals surface area contributed by atoms with Gasteiger partial charge in [-0.05, 0) is 37.3 Å². The molecule has 3 aliphatic heterocycles. The van der Waals surface area contributed by atoms with Crippen LogP contribution in [0.15, 0.2) is 23.3 Å². The van der Waals surface area contributed by atoms with E-state index in [1.54, 1.807) is 6.92 Å². The molecule has 0 bridgehead atoms. The van der Waals surface area contributed by atoms with Gasteiger partial charge >= 0.3 is 11.9 Å². The fourth-order valence-corrected chi connectivity index (χ4v) is 3.72. The Labute approximate surface area is 146 Å². The molecule has 25 heavy (non-hydrogen) atoms. The first-order valence-corrected chi connectivity index (χ1v) is 8.68. The molecule has 4 atom stereocenters. The van der Waals surface area contributed by atoms with Gasteiger partial charge in [-0.2, -0.15) is 0 Å². The summed E-state index contributed by atoms with van der Waals surface area (Å²) in [5, 5.41) is 19.8. The van der Waals surface area contributed by atoms with Gasteiger partial charge in [0.2, 0.25) is 0 Å². The van der Waals surface area contributed by atoms with Crippen molar-refractivity contribution < 1.29 is 29.3 Å². The average molecular weight is 351 g/mol. The molecule has 0 saturated carbocycles. The van der Waals surface area contributed by atoms with Gasteiger partial charge in [-0.1, -0.05) is 13.0 Å². The highest BCUT2D eigenvalue weighted by molar-refractivity contribution is 5.89. The summed E-state index contributed by atoms with van der Waals surface area (Å²) in [5.41, 5.74) is -0.562. The van der Waals surface area contributed by atoms with Gasteiger partial charge in [0.05, 0.1) is 12.6 Å². The van der Waals surface area contributed by atoms with Gasteiger partial charge in [-0.3, -0.25) is 4.90 Å². The smallest absolute Gasteiger partial charge is 0.338 e. The van der Waals surface area contributed by atoms with E-state index in [0.29, 0.717) is 0 Å². The number of nitrogens with zero attached hydrogens (tertiary/aromatic N) is 1. The molecule has 0 radical (unpaired) electrons. The van der Waals surface area contributed by atoms with E-state index in [-0.39, 0.29) is 37.4 Å². The molecule has 2 saturated heterocycles. The number of carbonyl (C=O) groups excluding carboxylic acids is 2. The number of aliphatic hydroxyl groups is 2. The van der Waals surface area contributed by atoms with Crippen LogP contribution in [0.5, 0.6) is 0 Å². The van der Waals surface area contributed by atoms with Gasteiger partial charge in [0.25, 0.3) is 0 Å². The molecule has 0 spiro atoms. The predicted octanol–water partition coefficient (Wildman–Crippen LogP) is 0.165. The van der Waals surface area contributed by atoms with Gasteiger partial charge in [-0.15, -0.1) is 0 Å². The maximum absolute atomic E-state index is 12.6. The average Bonchev–Trinajstić information content (AvgIpc) is 3.14. The van der Waals surface area contributed by atoms with Crippen molar-refractivity contribution in [1.82, 2.24) is 4.90 Å². The van der Waals surface area contributed by atoms with Crippen LogP contribution in [0.1, 0.15) is 26.7 Å². The molecular formula is C18H25NO6. The molecule has 2 N–H and O–H groups in total. The first kappa shape index (κ1) is 18.1. The summed E-state index contributed by atoms with van der Waals surface area (Å²) in [5.74, 6) is -1.77. The van der Waals surface area contributed by atoms with Crippen LogP contribution >= 0.6 is 0 Å². The highest BCUT2D eigenvalue weighted by Gasteiger charge is 2.45. The van der Waals surface area contributed by atoms with E-state index in [9.17, 15) is 19.8 Å². The third-order valence-corrected chi connectivity index (χ3v) is 5.54. The quantitative estimate of drug-likeness (QED) is 0.395. The first-order chi connectivity index (χ1) is 11.8. The summed E-state index contributed by atoms with van der Waals surface area (Å²) in [7, 11) is 0. The Morgan fingerprint density at radius 2 is 2.20 bits per heavy atom. The number of aliphatic hydroxyl groups excluding tert-OH is 1. The Morgan fingerprint density at radius 1 is 1.44 bits per heavy atom. The van der Waals surface area contributed by atoms with Crippen LogP contribution in [0.3, 0.4) is 0 Å². The molecule has 7 nitrogen and oxygen atoms in total. The fourth-order valence-electron chi connectivity index (χ4n) is 3.72. The normalized spacial score (nSPS) is 38.5. The lowest BCUT2D eigenvalue weighted by molar-refractivity contribution is -0.169. The molecule has 7 heteroatoms. The number of ether oxygens (including phenoxy) is 2. The van der Waals surface area contributed by atoms with Crippen molar-refractivity contribution in [3.8, 4) is 0 Å². The number of hydrogen-bond donors (Lipinski definition) is 2. The van der Waals surface area contributed by atoms with Crippen LogP contribution in [0.2, 0.25) is 0 Å². The maximum Gasteiger partial charge on any atom is 0.338 e. The lowest BCUT2D eigenvalue weighted by Crippen LogP contribution is -2.45. The first-order valence-electron chi connectivity index (χ1n) is 8.68. The van der Waals surface area contributed by atoms with Crippen molar-refractivity contribution in [2.75, 3.05) is 26.3 Å². The molecule has 0 unspecified atom stereocenters. The highest BCUT2D eigenvalue weighted by atomic mass is 16.6. The van der Waals surface area contributed by atoms with Crippen LogP contribution in [0, 0.1) is 5.92 Å². The minimum Gasteiger partial charge on any atom is -0.459 e. The molecule has 3 aliphatic rings. The molecule has 2 fully saturated rings. The number of esters is 2. The topological polar surface area (TPSA) is 96.3 Å². The lowest BCUT2D eigenvalue weighted by Gasteiger charge is -2.31. The molecule has 0 aromatic rings. The van der Waals surface area contributed by atoms with Crippen molar-refractivity contribution in [3.05, 3.63) is 23.3 Å². The molecule has 3 rings (SSSR count). The van der Waals surface area contributed by atoms with Crippen LogP contribution in [0.25, 0.3) is 0 Å². The minimum atomic E-state index is -1.73. The molecule has 0 aromatic carbocycles. The van der Waals surface area contributed by atoms with E-state index in [1.165, 1.54) is 13.0 Å². The Bertz CT molecular complexity index is 623. The zero-order valence-corrected chi connectivity index (χ0v) is 14.6. The third kappa shape index (κ3) is 3.36. The standard InChI is InChI=1S/C18H25NO6/c1-11-9-12(5-8-20)16(21)25-14-4-7-19-6-3-13(15(14)19)10-24-17(22)18(11,2)23/h3,5,11,14-15,20,23H,4,6-10H2,1-2H3/b12-5-/t11-,14-,15-,18-/m1/s1. The maximum atomic E-state index is 12.6. The largest absolute Gasteiger partial charge is 0.459 e. The number of hydrogen-bond acceptors (Lipinski definition) is 7. The summed E-state index contributed by atoms with van der Waals surface area (Å²) >= 11 is 0. The SMILES string of the molecule is C[C@@H]1C/C(=C/CO)C(=O)O[C@@H]2CCN3CC=C(COC(=O)[C@]1(C)O)[C@H]23. The summed E-state index contributed by atoms with van der Waals surface area (Å²) < 4.78 is 11.1. The van der Waals surface area contributed by atoms with Crippen LogP contribution in [0.4, 0.5) is 0 Å². The van der Waals surface area contributed by atoms with Crippen LogP contribution < -0.4 is 0 Å². The Hall–Kier alpha value is -1.70. The number of carbonyl (C=O) groups is 2. The summed E-state index contributed by atoms with van der Waals surface area (Å²) in [6.45, 7) is 4.38. The summed E-state index contributed by atoms with van der Waals surface area (Å²) in [4.78, 5) is 27.2. The van der Waals surface area contributed by atoms with Crippen molar-refractivity contribution in [3.63, 3.8) is 0 Å². The van der Waals surface area contributed by atoms with Gasteiger partial charge in [0.15, 0.2) is 5.60 Å². The van der Waals surface area contributed by atoms with E-state index >= 15 is 0 Å². The molecular weight excluding hydrogens is 326 g/mol. The molecule has 0 aliphatic carbocycles. The predicted molar refractivity (Wildman–Crippen MR) is 88.5 cm³/mol.